The van der Waals surface area contributed by atoms with Gasteiger partial charge in [0.25, 0.3) is 0 Å². The third-order valence-corrected chi connectivity index (χ3v) is 12.9. The van der Waals surface area contributed by atoms with Crippen molar-refractivity contribution < 1.29 is 14.4 Å². The second-order valence-corrected chi connectivity index (χ2v) is 17.5. The topological polar surface area (TPSA) is 126 Å². The smallest absolute Gasteiger partial charge is 0.227 e. The van der Waals surface area contributed by atoms with Gasteiger partial charge in [-0.1, -0.05) is 91.0 Å². The van der Waals surface area contributed by atoms with Crippen LogP contribution in [0.5, 0.6) is 0 Å². The fourth-order valence-corrected chi connectivity index (χ4v) is 9.36. The van der Waals surface area contributed by atoms with Crippen LogP contribution in [0.1, 0.15) is 36.0 Å². The Hall–Kier alpha value is -8.04. The highest BCUT2D eigenvalue weighted by Crippen LogP contribution is 2.37. The van der Waals surface area contributed by atoms with Gasteiger partial charge >= 0.3 is 0 Å². The van der Waals surface area contributed by atoms with Crippen LogP contribution in [0, 0.1) is 38.5 Å². The first-order chi connectivity index (χ1) is 32.1. The van der Waals surface area contributed by atoms with Crippen LogP contribution in [-0.4, -0.2) is 32.7 Å². The van der Waals surface area contributed by atoms with Gasteiger partial charge < -0.3 is 16.0 Å². The van der Waals surface area contributed by atoms with Gasteiger partial charge in [-0.15, -0.1) is 0 Å². The lowest BCUT2D eigenvalue weighted by molar-refractivity contribution is -0.129. The molecule has 324 valence electrons. The van der Waals surface area contributed by atoms with Gasteiger partial charge in [-0.2, -0.15) is 0 Å². The maximum absolute atomic E-state index is 14.1. The SMILES string of the molecule is Cc1cc(-c2ccc(NC(=O)C3CC(C(=O)Nc4ccc(-c5cc(C)c6ccccc6n5)cc4)CC(C(=O)Nc4ccc(-c5cc(C)c6ccccc6n5)cc4)C3)cc2)nc2ccccc12. The summed E-state index contributed by atoms with van der Waals surface area (Å²) in [4.78, 5) is 57.0. The Morgan fingerprint density at radius 1 is 0.379 bits per heavy atom. The molecule has 0 bridgehead atoms. The summed E-state index contributed by atoms with van der Waals surface area (Å²) >= 11 is 0. The van der Waals surface area contributed by atoms with Crippen molar-refractivity contribution in [2.45, 2.75) is 40.0 Å². The highest BCUT2D eigenvalue weighted by Gasteiger charge is 2.39. The monoisotopic (exact) mass is 864 g/mol. The molecule has 3 aromatic heterocycles. The zero-order chi connectivity index (χ0) is 45.3. The highest BCUT2D eigenvalue weighted by molar-refractivity contribution is 5.99. The van der Waals surface area contributed by atoms with Crippen molar-refractivity contribution in [3.05, 3.63) is 180 Å². The zero-order valence-corrected chi connectivity index (χ0v) is 37.0. The lowest BCUT2D eigenvalue weighted by Gasteiger charge is -2.33. The van der Waals surface area contributed by atoms with Crippen LogP contribution in [0.3, 0.4) is 0 Å². The molecule has 0 spiro atoms. The minimum atomic E-state index is -0.594. The van der Waals surface area contributed by atoms with E-state index in [-0.39, 0.29) is 17.7 Å². The van der Waals surface area contributed by atoms with E-state index in [9.17, 15) is 14.4 Å². The molecular formula is C57H48N6O3. The van der Waals surface area contributed by atoms with Gasteiger partial charge in [0.1, 0.15) is 0 Å². The number of carbonyl (C=O) groups is 3. The molecule has 1 fully saturated rings. The molecule has 6 aromatic carbocycles. The number of pyridine rings is 3. The number of amides is 3. The average Bonchev–Trinajstić information content (AvgIpc) is 3.34. The molecule has 3 amide bonds. The average molecular weight is 865 g/mol. The Labute approximate surface area is 383 Å². The first kappa shape index (κ1) is 41.9. The number of para-hydroxylation sites is 3. The highest BCUT2D eigenvalue weighted by atomic mass is 16.2. The zero-order valence-electron chi connectivity index (χ0n) is 37.0. The van der Waals surface area contributed by atoms with Gasteiger partial charge in [-0.05, 0) is 130 Å². The quantitative estimate of drug-likeness (QED) is 0.133. The second-order valence-electron chi connectivity index (χ2n) is 17.5. The van der Waals surface area contributed by atoms with Crippen LogP contribution in [0.15, 0.2) is 164 Å². The molecule has 10 rings (SSSR count). The lowest BCUT2D eigenvalue weighted by atomic mass is 9.74. The van der Waals surface area contributed by atoms with Crippen molar-refractivity contribution in [1.29, 1.82) is 0 Å². The van der Waals surface area contributed by atoms with Gasteiger partial charge in [0.2, 0.25) is 17.7 Å². The maximum atomic E-state index is 14.1. The number of hydrogen-bond donors (Lipinski definition) is 3. The molecule has 0 radical (unpaired) electrons. The van der Waals surface area contributed by atoms with Crippen LogP contribution in [-0.2, 0) is 14.4 Å². The van der Waals surface area contributed by atoms with E-state index in [4.69, 9.17) is 15.0 Å². The van der Waals surface area contributed by atoms with E-state index >= 15 is 0 Å². The normalized spacial score (nSPS) is 16.0. The van der Waals surface area contributed by atoms with Gasteiger partial charge in [0.05, 0.1) is 33.6 Å². The molecule has 66 heavy (non-hydrogen) atoms. The summed E-state index contributed by atoms with van der Waals surface area (Å²) in [6.07, 6.45) is 0.890. The summed E-state index contributed by atoms with van der Waals surface area (Å²) < 4.78 is 0. The molecule has 1 aliphatic rings. The van der Waals surface area contributed by atoms with E-state index in [0.717, 1.165) is 83.2 Å². The predicted octanol–water partition coefficient (Wildman–Crippen LogP) is 12.5. The molecule has 9 aromatic rings. The van der Waals surface area contributed by atoms with Gasteiger partial charge in [-0.3, -0.25) is 14.4 Å². The van der Waals surface area contributed by atoms with Crippen LogP contribution in [0.4, 0.5) is 17.1 Å². The number of aryl methyl sites for hydroxylation is 3. The molecule has 1 aliphatic carbocycles. The molecule has 9 nitrogen and oxygen atoms in total. The standard InChI is InChI=1S/C57H48N6O3/c1-34-28-52(61-49-13-7-4-10-46(34)49)37-16-22-43(23-17-37)58-55(64)40-31-41(56(65)59-44-24-18-38(19-25-44)53-29-35(2)47-11-5-8-14-50(47)62-53)33-42(32-40)57(66)60-45-26-20-39(21-27-45)54-30-36(3)48-12-6-9-15-51(48)63-54/h4-30,40-42H,31-33H2,1-3H3,(H,58,64)(H,59,65)(H,60,66). The van der Waals surface area contributed by atoms with Crippen molar-refractivity contribution in [1.82, 2.24) is 15.0 Å². The summed E-state index contributed by atoms with van der Waals surface area (Å²) in [5.41, 5.74) is 13.4. The Bertz CT molecular complexity index is 2950. The second kappa shape index (κ2) is 17.9. The van der Waals surface area contributed by atoms with E-state index in [1.54, 1.807) is 0 Å². The molecule has 0 unspecified atom stereocenters. The van der Waals surface area contributed by atoms with Gasteiger partial charge in [0.15, 0.2) is 0 Å². The van der Waals surface area contributed by atoms with Crippen molar-refractivity contribution in [2.75, 3.05) is 16.0 Å². The number of fused-ring (bicyclic) bond motifs is 3. The molecular weight excluding hydrogens is 817 g/mol. The van der Waals surface area contributed by atoms with Gasteiger partial charge in [0, 0.05) is 67.7 Å². The fraction of sp³-hybridized carbons (Fsp3) is 0.158. The van der Waals surface area contributed by atoms with E-state index in [1.165, 1.54) is 0 Å². The maximum Gasteiger partial charge on any atom is 0.227 e. The summed E-state index contributed by atoms with van der Waals surface area (Å²) in [7, 11) is 0. The van der Waals surface area contributed by atoms with E-state index in [0.29, 0.717) is 36.3 Å². The molecule has 0 aliphatic heterocycles. The van der Waals surface area contributed by atoms with E-state index < -0.39 is 17.8 Å². The van der Waals surface area contributed by atoms with E-state index in [2.05, 4.69) is 73.1 Å². The first-order valence-corrected chi connectivity index (χ1v) is 22.4. The number of nitrogens with one attached hydrogen (secondary N) is 3. The molecule has 3 heterocycles. The fourth-order valence-electron chi connectivity index (χ4n) is 9.36. The number of carbonyl (C=O) groups excluding carboxylic acids is 3. The number of anilines is 3. The minimum Gasteiger partial charge on any atom is -0.326 e. The Kier molecular flexibility index (Phi) is 11.3. The number of benzene rings is 6. The molecule has 1 saturated carbocycles. The van der Waals surface area contributed by atoms with Crippen molar-refractivity contribution in [3.63, 3.8) is 0 Å². The summed E-state index contributed by atoms with van der Waals surface area (Å²) in [5, 5.41) is 12.6. The number of rotatable bonds is 9. The largest absolute Gasteiger partial charge is 0.326 e. The minimum absolute atomic E-state index is 0.234. The van der Waals surface area contributed by atoms with Crippen molar-refractivity contribution in [2.24, 2.45) is 17.8 Å². The van der Waals surface area contributed by atoms with E-state index in [1.807, 2.05) is 127 Å². The van der Waals surface area contributed by atoms with Crippen LogP contribution < -0.4 is 16.0 Å². The summed E-state index contributed by atoms with van der Waals surface area (Å²) in [6, 6.07) is 53.3. The van der Waals surface area contributed by atoms with Gasteiger partial charge in [-0.25, -0.2) is 15.0 Å². The molecule has 0 atom stereocenters. The Balaban J connectivity index is 0.860. The number of hydrogen-bond acceptors (Lipinski definition) is 6. The van der Waals surface area contributed by atoms with Crippen LogP contribution >= 0.6 is 0 Å². The van der Waals surface area contributed by atoms with Crippen molar-refractivity contribution in [3.8, 4) is 33.8 Å². The number of aromatic nitrogens is 3. The van der Waals surface area contributed by atoms with Crippen LogP contribution in [0.2, 0.25) is 0 Å². The number of nitrogens with zero attached hydrogens (tertiary/aromatic N) is 3. The summed E-state index contributed by atoms with van der Waals surface area (Å²) in [6.45, 7) is 6.24. The third kappa shape index (κ3) is 8.75. The Morgan fingerprint density at radius 3 is 0.909 bits per heavy atom. The first-order valence-electron chi connectivity index (χ1n) is 22.4. The third-order valence-electron chi connectivity index (χ3n) is 12.9. The van der Waals surface area contributed by atoms with Crippen LogP contribution in [0.25, 0.3) is 66.5 Å². The predicted molar refractivity (Wildman–Crippen MR) is 266 cm³/mol. The molecule has 3 N–H and O–H groups in total. The lowest BCUT2D eigenvalue weighted by Crippen LogP contribution is -2.40. The summed E-state index contributed by atoms with van der Waals surface area (Å²) in [5.74, 6) is -2.48. The molecule has 9 heteroatoms. The molecule has 0 saturated heterocycles. The van der Waals surface area contributed by atoms with Crippen molar-refractivity contribution >= 4 is 67.5 Å². The Morgan fingerprint density at radius 2 is 0.636 bits per heavy atom.